The van der Waals surface area contributed by atoms with Crippen LogP contribution >= 0.6 is 11.6 Å². The first-order chi connectivity index (χ1) is 14.0. The van der Waals surface area contributed by atoms with E-state index in [1.165, 1.54) is 12.1 Å². The van der Waals surface area contributed by atoms with E-state index in [9.17, 15) is 14.9 Å². The van der Waals surface area contributed by atoms with E-state index < -0.39 is 10.8 Å². The Bertz CT molecular complexity index is 900. The largest absolute Gasteiger partial charge is 0.491 e. The van der Waals surface area contributed by atoms with Crippen molar-refractivity contribution < 1.29 is 19.2 Å². The molecule has 8 nitrogen and oxygen atoms in total. The van der Waals surface area contributed by atoms with Crippen LogP contribution in [0.3, 0.4) is 0 Å². The number of hydrogen-bond acceptors (Lipinski definition) is 6. The number of nitrogens with zero attached hydrogens (tertiary/aromatic N) is 2. The number of nitro groups is 1. The minimum Gasteiger partial charge on any atom is -0.491 e. The Morgan fingerprint density at radius 3 is 2.72 bits per heavy atom. The highest BCUT2D eigenvalue weighted by atomic mass is 35.5. The van der Waals surface area contributed by atoms with Crippen LogP contribution in [0.25, 0.3) is 0 Å². The molecular formula is C20H22ClN3O5. The number of amides is 1. The maximum Gasteiger partial charge on any atom is 0.270 e. The average molecular weight is 420 g/mol. The van der Waals surface area contributed by atoms with Crippen LogP contribution < -0.4 is 15.0 Å². The molecule has 1 heterocycles. The van der Waals surface area contributed by atoms with Crippen molar-refractivity contribution in [2.75, 3.05) is 43.1 Å². The van der Waals surface area contributed by atoms with E-state index in [1.807, 2.05) is 11.8 Å². The van der Waals surface area contributed by atoms with Crippen molar-refractivity contribution in [3.63, 3.8) is 0 Å². The second-order valence-corrected chi connectivity index (χ2v) is 6.94. The van der Waals surface area contributed by atoms with Gasteiger partial charge in [-0.05, 0) is 30.7 Å². The molecule has 0 spiro atoms. The van der Waals surface area contributed by atoms with Gasteiger partial charge in [0.2, 0.25) is 0 Å². The summed E-state index contributed by atoms with van der Waals surface area (Å²) in [4.78, 5) is 25.8. The SMILES string of the molecule is CCCOc1ccc(Cl)cc1NC(=O)c1cc([N+](=O)[O-])ccc1N1CCOCC1. The van der Waals surface area contributed by atoms with Crippen LogP contribution in [0.15, 0.2) is 36.4 Å². The molecule has 1 aliphatic heterocycles. The van der Waals surface area contributed by atoms with Crippen molar-refractivity contribution in [1.82, 2.24) is 0 Å². The van der Waals surface area contributed by atoms with Gasteiger partial charge in [0.15, 0.2) is 0 Å². The summed E-state index contributed by atoms with van der Waals surface area (Å²) in [6.45, 7) is 4.72. The monoisotopic (exact) mass is 419 g/mol. The average Bonchev–Trinajstić information content (AvgIpc) is 2.73. The number of nitrogens with one attached hydrogen (secondary N) is 1. The van der Waals surface area contributed by atoms with Crippen molar-refractivity contribution in [1.29, 1.82) is 0 Å². The third-order valence-corrected chi connectivity index (χ3v) is 4.67. The molecule has 0 saturated carbocycles. The lowest BCUT2D eigenvalue weighted by atomic mass is 10.1. The Hall–Kier alpha value is -2.84. The van der Waals surface area contributed by atoms with Crippen LogP contribution in [0.1, 0.15) is 23.7 Å². The number of halogens is 1. The van der Waals surface area contributed by atoms with Gasteiger partial charge in [-0.25, -0.2) is 0 Å². The quantitative estimate of drug-likeness (QED) is 0.535. The van der Waals surface area contributed by atoms with Crippen LogP contribution in [0.2, 0.25) is 5.02 Å². The Morgan fingerprint density at radius 1 is 1.28 bits per heavy atom. The number of carbonyl (C=O) groups excluding carboxylic acids is 1. The number of benzene rings is 2. The van der Waals surface area contributed by atoms with E-state index in [-0.39, 0.29) is 11.3 Å². The first-order valence-corrected chi connectivity index (χ1v) is 9.72. The van der Waals surface area contributed by atoms with Crippen LogP contribution in [0.5, 0.6) is 5.75 Å². The fraction of sp³-hybridized carbons (Fsp3) is 0.350. The molecule has 154 valence electrons. The van der Waals surface area contributed by atoms with Gasteiger partial charge in [0.1, 0.15) is 5.75 Å². The molecule has 2 aromatic carbocycles. The normalized spacial score (nSPS) is 13.8. The minimum absolute atomic E-state index is 0.152. The van der Waals surface area contributed by atoms with Gasteiger partial charge in [-0.3, -0.25) is 14.9 Å². The van der Waals surface area contributed by atoms with Gasteiger partial charge < -0.3 is 19.7 Å². The molecule has 9 heteroatoms. The van der Waals surface area contributed by atoms with Crippen LogP contribution in [-0.4, -0.2) is 43.7 Å². The fourth-order valence-electron chi connectivity index (χ4n) is 3.03. The van der Waals surface area contributed by atoms with Crippen LogP contribution in [0.4, 0.5) is 17.1 Å². The summed E-state index contributed by atoms with van der Waals surface area (Å²) >= 11 is 6.08. The Labute approximate surface area is 173 Å². The predicted octanol–water partition coefficient (Wildman–Crippen LogP) is 4.13. The van der Waals surface area contributed by atoms with Crippen molar-refractivity contribution in [3.8, 4) is 5.75 Å². The number of ether oxygens (including phenoxy) is 2. The first kappa shape index (κ1) is 20.9. The smallest absolute Gasteiger partial charge is 0.270 e. The molecule has 1 N–H and O–H groups in total. The van der Waals surface area contributed by atoms with Crippen LogP contribution in [0, 0.1) is 10.1 Å². The molecular weight excluding hydrogens is 398 g/mol. The molecule has 3 rings (SSSR count). The molecule has 1 amide bonds. The van der Waals surface area contributed by atoms with Crippen LogP contribution in [-0.2, 0) is 4.74 Å². The van der Waals surface area contributed by atoms with Crippen molar-refractivity contribution >= 4 is 34.6 Å². The number of non-ortho nitro benzene ring substituents is 1. The number of anilines is 2. The molecule has 0 radical (unpaired) electrons. The zero-order chi connectivity index (χ0) is 20.8. The Balaban J connectivity index is 1.94. The summed E-state index contributed by atoms with van der Waals surface area (Å²) in [7, 11) is 0. The molecule has 1 fully saturated rings. The third-order valence-electron chi connectivity index (χ3n) is 4.44. The molecule has 1 saturated heterocycles. The maximum atomic E-state index is 13.1. The van der Waals surface area contributed by atoms with E-state index in [0.717, 1.165) is 6.42 Å². The predicted molar refractivity (Wildman–Crippen MR) is 111 cm³/mol. The highest BCUT2D eigenvalue weighted by Crippen LogP contribution is 2.31. The molecule has 1 aliphatic rings. The molecule has 0 aliphatic carbocycles. The van der Waals surface area contributed by atoms with Gasteiger partial charge in [0.25, 0.3) is 11.6 Å². The second kappa shape index (κ2) is 9.58. The van der Waals surface area contributed by atoms with Gasteiger partial charge >= 0.3 is 0 Å². The lowest BCUT2D eigenvalue weighted by Gasteiger charge is -2.30. The standard InChI is InChI=1S/C20H22ClN3O5/c1-2-9-29-19-6-3-14(21)12-17(19)22-20(25)16-13-15(24(26)27)4-5-18(16)23-7-10-28-11-8-23/h3-6,12-13H,2,7-11H2,1H3,(H,22,25). The molecule has 0 bridgehead atoms. The topological polar surface area (TPSA) is 93.9 Å². The molecule has 0 atom stereocenters. The zero-order valence-electron chi connectivity index (χ0n) is 16.0. The number of morpholine rings is 1. The molecule has 2 aromatic rings. The summed E-state index contributed by atoms with van der Waals surface area (Å²) in [6, 6.07) is 9.24. The first-order valence-electron chi connectivity index (χ1n) is 9.34. The molecule has 0 aromatic heterocycles. The van der Waals surface area contributed by atoms with E-state index in [2.05, 4.69) is 5.32 Å². The maximum absolute atomic E-state index is 13.1. The summed E-state index contributed by atoms with van der Waals surface area (Å²) in [5.41, 5.74) is 1.09. The van der Waals surface area contributed by atoms with Gasteiger partial charge in [0, 0.05) is 30.2 Å². The van der Waals surface area contributed by atoms with Crippen molar-refractivity contribution in [2.24, 2.45) is 0 Å². The summed E-state index contributed by atoms with van der Waals surface area (Å²) in [5, 5.41) is 14.5. The highest BCUT2D eigenvalue weighted by molar-refractivity contribution is 6.31. The van der Waals surface area contributed by atoms with E-state index >= 15 is 0 Å². The number of nitro benzene ring substituents is 1. The highest BCUT2D eigenvalue weighted by Gasteiger charge is 2.23. The van der Waals surface area contributed by atoms with Gasteiger partial charge in [-0.15, -0.1) is 0 Å². The summed E-state index contributed by atoms with van der Waals surface area (Å²) in [6.07, 6.45) is 0.808. The molecule has 29 heavy (non-hydrogen) atoms. The zero-order valence-corrected chi connectivity index (χ0v) is 16.8. The lowest BCUT2D eigenvalue weighted by Crippen LogP contribution is -2.37. The number of hydrogen-bond donors (Lipinski definition) is 1. The van der Waals surface area contributed by atoms with E-state index in [4.69, 9.17) is 21.1 Å². The molecule has 0 unspecified atom stereocenters. The van der Waals surface area contributed by atoms with Crippen molar-refractivity contribution in [3.05, 3.63) is 57.1 Å². The van der Waals surface area contributed by atoms with Gasteiger partial charge in [-0.1, -0.05) is 18.5 Å². The lowest BCUT2D eigenvalue weighted by molar-refractivity contribution is -0.384. The summed E-state index contributed by atoms with van der Waals surface area (Å²) < 4.78 is 11.0. The number of rotatable bonds is 7. The van der Waals surface area contributed by atoms with Gasteiger partial charge in [0.05, 0.1) is 41.7 Å². The summed E-state index contributed by atoms with van der Waals surface area (Å²) in [5.74, 6) is 0.0155. The Kier molecular flexibility index (Phi) is 6.90. The third kappa shape index (κ3) is 5.16. The second-order valence-electron chi connectivity index (χ2n) is 6.50. The number of carbonyl (C=O) groups is 1. The van der Waals surface area contributed by atoms with E-state index in [1.54, 1.807) is 24.3 Å². The van der Waals surface area contributed by atoms with E-state index in [0.29, 0.717) is 55.1 Å². The van der Waals surface area contributed by atoms with Gasteiger partial charge in [-0.2, -0.15) is 0 Å². The fourth-order valence-corrected chi connectivity index (χ4v) is 3.20. The Morgan fingerprint density at radius 2 is 2.03 bits per heavy atom. The minimum atomic E-state index is -0.519. The van der Waals surface area contributed by atoms with Crippen molar-refractivity contribution in [2.45, 2.75) is 13.3 Å².